The van der Waals surface area contributed by atoms with Gasteiger partial charge in [0.1, 0.15) is 12.2 Å². The van der Waals surface area contributed by atoms with E-state index in [0.717, 1.165) is 0 Å². The minimum atomic E-state index is -1.15. The van der Waals surface area contributed by atoms with E-state index in [1.807, 2.05) is 0 Å². The molecule has 0 aromatic carbocycles. The highest BCUT2D eigenvalue weighted by Crippen LogP contribution is 2.09. The van der Waals surface area contributed by atoms with Crippen LogP contribution in [-0.4, -0.2) is 38.7 Å². The molecule has 0 saturated heterocycles. The van der Waals surface area contributed by atoms with E-state index in [1.165, 1.54) is 0 Å². The highest BCUT2D eigenvalue weighted by atomic mass is 32.2. The van der Waals surface area contributed by atoms with Gasteiger partial charge < -0.3 is 15.3 Å². The van der Waals surface area contributed by atoms with Crippen molar-refractivity contribution in [2.24, 2.45) is 0 Å². The van der Waals surface area contributed by atoms with Gasteiger partial charge in [0.2, 0.25) is 0 Å². The van der Waals surface area contributed by atoms with Crippen LogP contribution in [0.5, 0.6) is 0 Å². The highest BCUT2D eigenvalue weighted by Gasteiger charge is 2.19. The maximum absolute atomic E-state index is 8.83. The van der Waals surface area contributed by atoms with Crippen LogP contribution in [0.1, 0.15) is 0 Å². The Hall–Kier alpha value is 0.580. The van der Waals surface area contributed by atoms with Gasteiger partial charge in [-0.15, -0.1) is 0 Å². The smallest absolute Gasteiger partial charge is 0.105 e. The van der Waals surface area contributed by atoms with E-state index in [2.05, 4.69) is 25.3 Å². The van der Waals surface area contributed by atoms with Crippen molar-refractivity contribution in [2.45, 2.75) is 16.8 Å². The summed E-state index contributed by atoms with van der Waals surface area (Å²) in [5.74, 6) is 0. The van der Waals surface area contributed by atoms with E-state index in [1.54, 1.807) is 0 Å². The minimum absolute atomic E-state index is 0.473. The highest BCUT2D eigenvalue weighted by molar-refractivity contribution is 7.99. The summed E-state index contributed by atoms with van der Waals surface area (Å²) >= 11 is 7.46. The van der Waals surface area contributed by atoms with Crippen LogP contribution in [0.2, 0.25) is 0 Å². The van der Waals surface area contributed by atoms with E-state index in [-0.39, 0.29) is 0 Å². The third-order valence-corrected chi connectivity index (χ3v) is 1.50. The Bertz CT molecular complexity index is 78.2. The lowest BCUT2D eigenvalue weighted by atomic mass is 10.2. The van der Waals surface area contributed by atoms with Gasteiger partial charge in [-0.2, -0.15) is 25.3 Å². The van der Waals surface area contributed by atoms with E-state index in [9.17, 15) is 0 Å². The third-order valence-electron chi connectivity index (χ3n) is 0.887. The van der Waals surface area contributed by atoms with Crippen LogP contribution in [0, 0.1) is 0 Å². The molecule has 5 heteroatoms. The fourth-order valence-electron chi connectivity index (χ4n) is 0.307. The topological polar surface area (TPSA) is 60.7 Å². The van der Waals surface area contributed by atoms with Crippen molar-refractivity contribution in [2.75, 3.05) is 6.61 Å². The molecule has 0 aliphatic carbocycles. The molecule has 0 rings (SSSR count). The summed E-state index contributed by atoms with van der Waals surface area (Å²) in [7, 11) is 0. The van der Waals surface area contributed by atoms with Crippen molar-refractivity contribution in [1.82, 2.24) is 0 Å². The van der Waals surface area contributed by atoms with Crippen molar-refractivity contribution < 1.29 is 15.3 Å². The van der Waals surface area contributed by atoms with Crippen LogP contribution >= 0.6 is 25.3 Å². The SMILES string of the molecule is OC[C@@H](O)[C@H](O)C(S)S. The Labute approximate surface area is 64.5 Å². The number of hydrogen-bond donors (Lipinski definition) is 5. The summed E-state index contributed by atoms with van der Waals surface area (Å²) in [6, 6.07) is 0. The van der Waals surface area contributed by atoms with Gasteiger partial charge in [-0.05, 0) is 0 Å². The first-order chi connectivity index (χ1) is 4.09. The molecule has 0 radical (unpaired) electrons. The molecule has 9 heavy (non-hydrogen) atoms. The Morgan fingerprint density at radius 2 is 1.67 bits per heavy atom. The Morgan fingerprint density at radius 3 is 1.78 bits per heavy atom. The van der Waals surface area contributed by atoms with Gasteiger partial charge in [0, 0.05) is 0 Å². The minimum Gasteiger partial charge on any atom is -0.394 e. The van der Waals surface area contributed by atoms with Crippen LogP contribution in [0.4, 0.5) is 0 Å². The second kappa shape index (κ2) is 4.40. The van der Waals surface area contributed by atoms with Gasteiger partial charge in [-0.25, -0.2) is 0 Å². The Morgan fingerprint density at radius 1 is 1.22 bits per heavy atom. The zero-order chi connectivity index (χ0) is 7.44. The second-order valence-electron chi connectivity index (χ2n) is 1.65. The monoisotopic (exact) mass is 170 g/mol. The first kappa shape index (κ1) is 9.58. The summed E-state index contributed by atoms with van der Waals surface area (Å²) in [5.41, 5.74) is 0. The molecule has 0 bridgehead atoms. The number of aliphatic hydroxyl groups is 3. The predicted molar refractivity (Wildman–Crippen MR) is 40.9 cm³/mol. The van der Waals surface area contributed by atoms with Crippen LogP contribution < -0.4 is 0 Å². The van der Waals surface area contributed by atoms with Crippen molar-refractivity contribution in [3.05, 3.63) is 0 Å². The maximum atomic E-state index is 8.83. The largest absolute Gasteiger partial charge is 0.394 e. The number of aliphatic hydroxyl groups excluding tert-OH is 3. The third kappa shape index (κ3) is 3.32. The van der Waals surface area contributed by atoms with Crippen LogP contribution in [0.3, 0.4) is 0 Å². The van der Waals surface area contributed by atoms with Gasteiger partial charge in [-0.3, -0.25) is 0 Å². The van der Waals surface area contributed by atoms with Crippen molar-refractivity contribution >= 4 is 25.3 Å². The van der Waals surface area contributed by atoms with E-state index < -0.39 is 23.4 Å². The average molecular weight is 170 g/mol. The fraction of sp³-hybridized carbons (Fsp3) is 1.00. The van der Waals surface area contributed by atoms with Crippen molar-refractivity contribution in [1.29, 1.82) is 0 Å². The van der Waals surface area contributed by atoms with Gasteiger partial charge in [0.15, 0.2) is 0 Å². The van der Waals surface area contributed by atoms with Gasteiger partial charge in [-0.1, -0.05) is 0 Å². The van der Waals surface area contributed by atoms with Gasteiger partial charge in [0.25, 0.3) is 0 Å². The number of hydrogen-bond acceptors (Lipinski definition) is 5. The number of rotatable bonds is 3. The standard InChI is InChI=1S/C4H10O3S2/c5-1-2(6)3(7)4(8)9/h2-9H,1H2/t2-,3+/m1/s1. The molecule has 3 nitrogen and oxygen atoms in total. The average Bonchev–Trinajstić information content (AvgIpc) is 1.84. The summed E-state index contributed by atoms with van der Waals surface area (Å²) < 4.78 is -0.618. The zero-order valence-corrected chi connectivity index (χ0v) is 6.46. The van der Waals surface area contributed by atoms with Crippen molar-refractivity contribution in [3.8, 4) is 0 Å². The molecule has 0 aliphatic rings. The van der Waals surface area contributed by atoms with Gasteiger partial charge in [0.05, 0.1) is 11.2 Å². The Balaban J connectivity index is 3.58. The summed E-state index contributed by atoms with van der Waals surface area (Å²) in [6.07, 6.45) is -2.23. The second-order valence-corrected chi connectivity index (χ2v) is 3.17. The van der Waals surface area contributed by atoms with Crippen LogP contribution in [0.25, 0.3) is 0 Å². The van der Waals surface area contributed by atoms with Crippen LogP contribution in [-0.2, 0) is 0 Å². The molecule has 0 heterocycles. The zero-order valence-electron chi connectivity index (χ0n) is 4.68. The summed E-state index contributed by atoms with van der Waals surface area (Å²) in [5, 5.41) is 25.8. The summed E-state index contributed by atoms with van der Waals surface area (Å²) in [6.45, 7) is -0.473. The number of thiol groups is 2. The molecule has 0 aromatic heterocycles. The quantitative estimate of drug-likeness (QED) is 0.276. The normalized spacial score (nSPS) is 18.0. The molecular weight excluding hydrogens is 160 g/mol. The van der Waals surface area contributed by atoms with E-state index >= 15 is 0 Å². The molecule has 0 unspecified atom stereocenters. The lowest BCUT2D eigenvalue weighted by molar-refractivity contribution is -0.00506. The molecule has 0 fully saturated rings. The molecule has 0 aliphatic heterocycles. The van der Waals surface area contributed by atoms with E-state index in [0.29, 0.717) is 0 Å². The fourth-order valence-corrected chi connectivity index (χ4v) is 0.704. The molecule has 0 aromatic rings. The lowest BCUT2D eigenvalue weighted by Gasteiger charge is -2.16. The molecule has 2 atom stereocenters. The lowest BCUT2D eigenvalue weighted by Crippen LogP contribution is -2.34. The predicted octanol–water partition coefficient (Wildman–Crippen LogP) is -1.11. The first-order valence-corrected chi connectivity index (χ1v) is 3.46. The van der Waals surface area contributed by atoms with E-state index in [4.69, 9.17) is 15.3 Å². The molecular formula is C4H10O3S2. The summed E-state index contributed by atoms with van der Waals surface area (Å²) in [4.78, 5) is 0. The molecule has 0 saturated carbocycles. The van der Waals surface area contributed by atoms with Gasteiger partial charge >= 0.3 is 0 Å². The van der Waals surface area contributed by atoms with Crippen molar-refractivity contribution in [3.63, 3.8) is 0 Å². The maximum Gasteiger partial charge on any atom is 0.105 e. The van der Waals surface area contributed by atoms with Crippen LogP contribution in [0.15, 0.2) is 0 Å². The first-order valence-electron chi connectivity index (χ1n) is 2.42. The Kier molecular flexibility index (Phi) is 4.69. The molecule has 56 valence electrons. The molecule has 3 N–H and O–H groups in total. The molecule has 0 amide bonds. The molecule has 0 spiro atoms.